The van der Waals surface area contributed by atoms with Gasteiger partial charge in [0.25, 0.3) is 0 Å². The fourth-order valence-corrected chi connectivity index (χ4v) is 0. The van der Waals surface area contributed by atoms with Gasteiger partial charge in [-0.25, -0.2) is 4.57 Å². The van der Waals surface area contributed by atoms with E-state index in [0.29, 0.717) is 0 Å². The van der Waals surface area contributed by atoms with Crippen molar-refractivity contribution in [1.29, 1.82) is 0 Å². The smallest absolute Gasteiger partial charge is 0.316 e. The van der Waals surface area contributed by atoms with Gasteiger partial charge in [0.2, 0.25) is 0 Å². The minimum Gasteiger partial charge on any atom is 0.316 e. The van der Waals surface area contributed by atoms with Crippen LogP contribution in [-0.4, -0.2) is 187 Å². The van der Waals surface area contributed by atoms with Gasteiger partial charge in [0.15, 0.2) is 0 Å². The van der Waals surface area contributed by atoms with Crippen molar-refractivity contribution in [2.75, 3.05) is 0 Å². The van der Waals surface area contributed by atoms with Crippen molar-refractivity contribution in [2.45, 2.75) is 0 Å². The van der Waals surface area contributed by atoms with Crippen molar-refractivity contribution in [3.63, 3.8) is 0 Å². The van der Waals surface area contributed by atoms with E-state index in [1.54, 1.807) is 0 Å². The molecule has 136 valence electrons. The zero-order valence-corrected chi connectivity index (χ0v) is 13.9. The van der Waals surface area contributed by atoms with Gasteiger partial charge in [-0.1, -0.05) is 0 Å². The molecule has 14 nitrogen and oxygen atoms in total. The Morgan fingerprint density at radius 2 is 0.682 bits per heavy atom. The molecule has 0 aliphatic heterocycles. The first kappa shape index (κ1) is 63.2. The molecule has 0 aliphatic rings. The summed E-state index contributed by atoms with van der Waals surface area (Å²) >= 11 is 0. The predicted molar refractivity (Wildman–Crippen MR) is 95.4 cm³/mol. The molecule has 0 aromatic carbocycles. The Morgan fingerprint density at radius 3 is 0.682 bits per heavy atom. The summed E-state index contributed by atoms with van der Waals surface area (Å²) in [5, 5.41) is 0. The molecule has 0 fully saturated rings. The van der Waals surface area contributed by atoms with Crippen molar-refractivity contribution in [3.8, 4) is 0 Å². The van der Waals surface area contributed by atoms with Crippen molar-refractivity contribution in [1.82, 2.24) is 0 Å². The molecular weight excluding hydrogens is 584 g/mol. The SMILES string of the molecule is Cl.I.O.O.O=P(O)(O)O.O=S(=O)(O)O.O=S(=O)(O)O.[KH].[KH].[MgH2]. The molecule has 0 heterocycles. The van der Waals surface area contributed by atoms with Crippen LogP contribution in [0.15, 0.2) is 0 Å². The molecule has 0 amide bonds. The molecule has 0 saturated heterocycles. The molecule has 0 aromatic heterocycles. The molecule has 0 aromatic rings. The van der Waals surface area contributed by atoms with Gasteiger partial charge in [-0.15, -0.1) is 36.4 Å². The first-order valence-electron chi connectivity index (χ1n) is 2.18. The zero-order valence-electron chi connectivity index (χ0n) is 8.25. The predicted octanol–water partition coefficient (Wildman–Crippen LogP) is -5.06. The third-order valence-corrected chi connectivity index (χ3v) is 0. The van der Waals surface area contributed by atoms with Crippen LogP contribution >= 0.6 is 44.2 Å². The third-order valence-electron chi connectivity index (χ3n) is 0. The maximum Gasteiger partial charge on any atom is 0.316 e. The van der Waals surface area contributed by atoms with Gasteiger partial charge < -0.3 is 25.6 Å². The van der Waals surface area contributed by atoms with Gasteiger partial charge in [-0.3, -0.25) is 18.2 Å². The van der Waals surface area contributed by atoms with Crippen molar-refractivity contribution in [3.05, 3.63) is 0 Å². The molecule has 22 heteroatoms. The van der Waals surface area contributed by atoms with E-state index in [2.05, 4.69) is 0 Å². The largest absolute Gasteiger partial charge is 0.316 e. The summed E-state index contributed by atoms with van der Waals surface area (Å²) in [6.07, 6.45) is 0. The van der Waals surface area contributed by atoms with E-state index in [1.807, 2.05) is 0 Å². The minimum atomic E-state index is -4.67. The van der Waals surface area contributed by atoms with E-state index >= 15 is 0 Å². The van der Waals surface area contributed by atoms with Crippen molar-refractivity contribution in [2.24, 2.45) is 0 Å². The summed E-state index contributed by atoms with van der Waals surface area (Å²) < 4.78 is 72.0. The Kier molecular flexibility index (Phi) is 87.8. The molecule has 11 N–H and O–H groups in total. The van der Waals surface area contributed by atoms with Crippen LogP contribution in [0.4, 0.5) is 0 Å². The number of halogens is 2. The van der Waals surface area contributed by atoms with E-state index in [-0.39, 0.29) is 173 Å². The fraction of sp³-hybridized carbons (Fsp3) is 0. The van der Waals surface area contributed by atoms with Crippen LogP contribution in [-0.2, 0) is 25.4 Å². The number of hydrogen-bond acceptors (Lipinski definition) is 5. The Hall–Kier alpha value is 4.83. The Balaban J connectivity index is -0.0000000106. The number of hydrogen-bond donors (Lipinski definition) is 7. The summed E-state index contributed by atoms with van der Waals surface area (Å²) in [5.41, 5.74) is 0. The summed E-state index contributed by atoms with van der Waals surface area (Å²) in [7, 11) is -14.0. The van der Waals surface area contributed by atoms with Crippen LogP contribution in [0.1, 0.15) is 0 Å². The second-order valence-corrected chi connectivity index (χ2v) is 4.23. The quantitative estimate of drug-likeness (QED) is 0.0594. The second-order valence-electron chi connectivity index (χ2n) is 1.41. The zero-order chi connectivity index (χ0) is 13.5. The molecule has 0 radical (unpaired) electrons. The van der Waals surface area contributed by atoms with Gasteiger partial charge in [0.1, 0.15) is 0 Å². The van der Waals surface area contributed by atoms with E-state index in [4.69, 9.17) is 54.3 Å². The average molecular weight is 601 g/mol. The Bertz CT molecular complexity index is 348. The minimum absolute atomic E-state index is 0. The molecule has 0 atom stereocenters. The van der Waals surface area contributed by atoms with Gasteiger partial charge in [0.05, 0.1) is 0 Å². The normalized spacial score (nSPS) is 7.95. The van der Waals surface area contributed by atoms with E-state index in [9.17, 15) is 0 Å². The third kappa shape index (κ3) is 605. The number of rotatable bonds is 0. The van der Waals surface area contributed by atoms with Crippen LogP contribution in [0, 0.1) is 0 Å². The fourth-order valence-electron chi connectivity index (χ4n) is 0. The first-order valence-corrected chi connectivity index (χ1v) is 6.54. The maximum absolute atomic E-state index is 8.88. The molecule has 0 saturated carbocycles. The monoisotopic (exact) mass is 600 g/mol. The van der Waals surface area contributed by atoms with Crippen LogP contribution in [0.2, 0.25) is 0 Å². The van der Waals surface area contributed by atoms with Gasteiger partial charge in [-0.05, 0) is 0 Å². The average Bonchev–Trinajstić information content (AvgIpc) is 1.41. The Morgan fingerprint density at radius 1 is 0.682 bits per heavy atom. The van der Waals surface area contributed by atoms with Crippen molar-refractivity contribution >= 4 is 191 Å². The molecule has 0 unspecified atom stereocenters. The summed E-state index contributed by atoms with van der Waals surface area (Å²) in [6.45, 7) is 0. The van der Waals surface area contributed by atoms with Crippen LogP contribution in [0.25, 0.3) is 0 Å². The summed E-state index contributed by atoms with van der Waals surface area (Å²) in [5.74, 6) is 0. The maximum atomic E-state index is 8.88. The van der Waals surface area contributed by atoms with Gasteiger partial charge in [0, 0.05) is 0 Å². The molecule has 22 heavy (non-hydrogen) atoms. The van der Waals surface area contributed by atoms with Crippen LogP contribution in [0.5, 0.6) is 0 Å². The first-order chi connectivity index (χ1) is 6.00. The van der Waals surface area contributed by atoms with E-state index in [1.165, 1.54) is 0 Å². The molecule has 0 spiro atoms. The Labute approximate surface area is 250 Å². The number of phosphoric acid groups is 1. The van der Waals surface area contributed by atoms with Crippen molar-refractivity contribution < 1.29 is 65.2 Å². The van der Waals surface area contributed by atoms with Gasteiger partial charge in [-0.2, -0.15) is 16.8 Å². The molecular formula is H17ClIK2MgO14PS2. The van der Waals surface area contributed by atoms with Gasteiger partial charge >= 0.3 is 154 Å². The second kappa shape index (κ2) is 30.6. The summed E-state index contributed by atoms with van der Waals surface area (Å²) in [6, 6.07) is 0. The van der Waals surface area contributed by atoms with Crippen LogP contribution < -0.4 is 0 Å². The summed E-state index contributed by atoms with van der Waals surface area (Å²) in [4.78, 5) is 21.6. The molecule has 0 rings (SSSR count). The topological polar surface area (TPSA) is 290 Å². The van der Waals surface area contributed by atoms with E-state index in [0.717, 1.165) is 0 Å². The van der Waals surface area contributed by atoms with E-state index < -0.39 is 28.6 Å². The van der Waals surface area contributed by atoms with Crippen LogP contribution in [0.3, 0.4) is 0 Å². The standard InChI is InChI=1S/ClH.HI.2K.Mg.H3O4P.2H2O4S.2H2O.4H/c;;;;;3*1-5(2,3)4;;;;;;/h2*1H;;;;(H3,1,2,3,4);2*(H2,1,2,3,4);2*1H2;;;;. The molecule has 0 aliphatic carbocycles. The molecule has 0 bridgehead atoms.